The highest BCUT2D eigenvalue weighted by molar-refractivity contribution is 5.92. The molecule has 0 aliphatic carbocycles. The molecule has 0 aliphatic rings. The van der Waals surface area contributed by atoms with Gasteiger partial charge in [0.2, 0.25) is 0 Å². The molecule has 3 aromatic rings. The fourth-order valence-corrected chi connectivity index (χ4v) is 2.29. The lowest BCUT2D eigenvalue weighted by molar-refractivity contribution is 0.0949. The number of hydrogen-bond acceptors (Lipinski definition) is 4. The van der Waals surface area contributed by atoms with Crippen molar-refractivity contribution in [1.29, 1.82) is 0 Å². The highest BCUT2D eigenvalue weighted by Crippen LogP contribution is 2.17. The Hall–Kier alpha value is -3.35. The average molecular weight is 354 g/mol. The lowest BCUT2D eigenvalue weighted by Crippen LogP contribution is -2.26. The maximum absolute atomic E-state index is 13.2. The topological polar surface area (TPSA) is 66.9 Å². The van der Waals surface area contributed by atoms with Crippen LogP contribution in [0.4, 0.5) is 20.3 Å². The van der Waals surface area contributed by atoms with Gasteiger partial charge in [0.25, 0.3) is 5.91 Å². The molecule has 1 aromatic heterocycles. The van der Waals surface area contributed by atoms with Crippen molar-refractivity contribution >= 4 is 17.4 Å². The van der Waals surface area contributed by atoms with Gasteiger partial charge < -0.3 is 10.6 Å². The Kier molecular flexibility index (Phi) is 5.48. The molecule has 0 saturated carbocycles. The molecular formula is C19H16F2N4O. The number of aromatic nitrogens is 2. The third-order valence-electron chi connectivity index (χ3n) is 3.62. The van der Waals surface area contributed by atoms with Crippen molar-refractivity contribution in [3.05, 3.63) is 83.8 Å². The summed E-state index contributed by atoms with van der Waals surface area (Å²) in [5.41, 5.74) is 1.64. The minimum atomic E-state index is -0.961. The van der Waals surface area contributed by atoms with Crippen LogP contribution in [0.2, 0.25) is 0 Å². The van der Waals surface area contributed by atoms with Crippen LogP contribution in [-0.2, 0) is 6.42 Å². The summed E-state index contributed by atoms with van der Waals surface area (Å²) in [6.45, 7) is 0.486. The third kappa shape index (κ3) is 4.60. The largest absolute Gasteiger partial charge is 0.350 e. The molecule has 0 atom stereocenters. The van der Waals surface area contributed by atoms with E-state index in [0.29, 0.717) is 18.1 Å². The second-order valence-corrected chi connectivity index (χ2v) is 5.53. The number of nitrogens with zero attached hydrogens (tertiary/aromatic N) is 2. The molecule has 5 nitrogen and oxygen atoms in total. The molecule has 1 amide bonds. The van der Waals surface area contributed by atoms with Gasteiger partial charge >= 0.3 is 0 Å². The molecule has 0 aliphatic heterocycles. The summed E-state index contributed by atoms with van der Waals surface area (Å²) in [5, 5.41) is 5.57. The minimum Gasteiger partial charge on any atom is -0.350 e. The molecule has 0 unspecified atom stereocenters. The Morgan fingerprint density at radius 1 is 0.962 bits per heavy atom. The average Bonchev–Trinajstić information content (AvgIpc) is 2.66. The summed E-state index contributed by atoms with van der Waals surface area (Å²) >= 11 is 0. The molecule has 2 N–H and O–H groups in total. The van der Waals surface area contributed by atoms with E-state index in [1.54, 1.807) is 0 Å². The Morgan fingerprint density at radius 3 is 2.46 bits per heavy atom. The van der Waals surface area contributed by atoms with E-state index in [4.69, 9.17) is 0 Å². The molecule has 0 spiro atoms. The van der Waals surface area contributed by atoms with Crippen LogP contribution in [0.3, 0.4) is 0 Å². The number of benzene rings is 2. The van der Waals surface area contributed by atoms with E-state index in [9.17, 15) is 13.6 Å². The standard InChI is InChI=1S/C19H16F2N4O/c20-15-7-6-14(10-16(15)21)25-18-12-23-17(11-24-18)19(26)22-9-8-13-4-2-1-3-5-13/h1-7,10-12H,8-9H2,(H,22,26)(H,24,25). The van der Waals surface area contributed by atoms with Crippen molar-refractivity contribution in [2.24, 2.45) is 0 Å². The zero-order valence-corrected chi connectivity index (χ0v) is 13.7. The second-order valence-electron chi connectivity index (χ2n) is 5.53. The number of amides is 1. The highest BCUT2D eigenvalue weighted by Gasteiger charge is 2.08. The number of anilines is 2. The maximum Gasteiger partial charge on any atom is 0.271 e. The maximum atomic E-state index is 13.2. The van der Waals surface area contributed by atoms with Crippen molar-refractivity contribution < 1.29 is 13.6 Å². The van der Waals surface area contributed by atoms with Crippen LogP contribution in [0.5, 0.6) is 0 Å². The lowest BCUT2D eigenvalue weighted by Gasteiger charge is -2.07. The van der Waals surface area contributed by atoms with E-state index in [-0.39, 0.29) is 11.6 Å². The summed E-state index contributed by atoms with van der Waals surface area (Å²) < 4.78 is 26.1. The van der Waals surface area contributed by atoms with Crippen LogP contribution in [0, 0.1) is 11.6 Å². The second kappa shape index (κ2) is 8.15. The van der Waals surface area contributed by atoms with E-state index in [2.05, 4.69) is 20.6 Å². The zero-order valence-electron chi connectivity index (χ0n) is 13.7. The molecule has 132 valence electrons. The summed E-state index contributed by atoms with van der Waals surface area (Å²) in [7, 11) is 0. The Morgan fingerprint density at radius 2 is 1.77 bits per heavy atom. The van der Waals surface area contributed by atoms with Crippen molar-refractivity contribution in [2.45, 2.75) is 6.42 Å². The van der Waals surface area contributed by atoms with Gasteiger partial charge in [-0.1, -0.05) is 30.3 Å². The van der Waals surface area contributed by atoms with Gasteiger partial charge in [0.15, 0.2) is 11.6 Å². The van der Waals surface area contributed by atoms with Gasteiger partial charge in [0.05, 0.1) is 12.4 Å². The van der Waals surface area contributed by atoms with Crippen molar-refractivity contribution in [3.8, 4) is 0 Å². The third-order valence-corrected chi connectivity index (χ3v) is 3.62. The highest BCUT2D eigenvalue weighted by atomic mass is 19.2. The summed E-state index contributed by atoms with van der Waals surface area (Å²) in [5.74, 6) is -1.90. The van der Waals surface area contributed by atoms with Crippen LogP contribution in [0.25, 0.3) is 0 Å². The Bertz CT molecular complexity index is 886. The minimum absolute atomic E-state index is 0.175. The van der Waals surface area contributed by atoms with Gasteiger partial charge in [0.1, 0.15) is 11.5 Å². The molecule has 0 bridgehead atoms. The molecule has 1 heterocycles. The zero-order chi connectivity index (χ0) is 18.4. The van der Waals surface area contributed by atoms with E-state index in [1.807, 2.05) is 30.3 Å². The fourth-order valence-electron chi connectivity index (χ4n) is 2.29. The molecule has 3 rings (SSSR count). The molecule has 2 aromatic carbocycles. The predicted molar refractivity (Wildman–Crippen MR) is 94.2 cm³/mol. The molecule has 0 fully saturated rings. The molecule has 0 saturated heterocycles. The number of nitrogens with one attached hydrogen (secondary N) is 2. The van der Waals surface area contributed by atoms with Crippen LogP contribution in [0.15, 0.2) is 60.9 Å². The molecular weight excluding hydrogens is 338 g/mol. The SMILES string of the molecule is O=C(NCCc1ccccc1)c1cnc(Nc2ccc(F)c(F)c2)cn1. The molecule has 0 radical (unpaired) electrons. The number of rotatable bonds is 6. The summed E-state index contributed by atoms with van der Waals surface area (Å²) in [6, 6.07) is 13.2. The Balaban J connectivity index is 1.54. The van der Waals surface area contributed by atoms with Gasteiger partial charge in [-0.05, 0) is 24.1 Å². The number of halogens is 2. The first kappa shape index (κ1) is 17.5. The van der Waals surface area contributed by atoms with E-state index in [1.165, 1.54) is 18.5 Å². The van der Waals surface area contributed by atoms with Crippen molar-refractivity contribution in [1.82, 2.24) is 15.3 Å². The van der Waals surface area contributed by atoms with Crippen LogP contribution in [-0.4, -0.2) is 22.4 Å². The summed E-state index contributed by atoms with van der Waals surface area (Å²) in [4.78, 5) is 20.2. The number of carbonyl (C=O) groups excluding carboxylic acids is 1. The first-order valence-corrected chi connectivity index (χ1v) is 7.98. The Labute approximate surface area is 149 Å². The normalized spacial score (nSPS) is 10.4. The van der Waals surface area contributed by atoms with Crippen LogP contribution >= 0.6 is 0 Å². The molecule has 26 heavy (non-hydrogen) atoms. The van der Waals surface area contributed by atoms with E-state index in [0.717, 1.165) is 24.1 Å². The van der Waals surface area contributed by atoms with E-state index >= 15 is 0 Å². The smallest absolute Gasteiger partial charge is 0.271 e. The van der Waals surface area contributed by atoms with Gasteiger partial charge in [-0.3, -0.25) is 4.79 Å². The van der Waals surface area contributed by atoms with Gasteiger partial charge in [-0.15, -0.1) is 0 Å². The van der Waals surface area contributed by atoms with Gasteiger partial charge in [-0.2, -0.15) is 0 Å². The summed E-state index contributed by atoms with van der Waals surface area (Å²) in [6.07, 6.45) is 3.39. The first-order chi connectivity index (χ1) is 12.6. The quantitative estimate of drug-likeness (QED) is 0.711. The lowest BCUT2D eigenvalue weighted by atomic mass is 10.1. The van der Waals surface area contributed by atoms with Crippen LogP contribution in [0.1, 0.15) is 16.1 Å². The molecule has 7 heteroatoms. The van der Waals surface area contributed by atoms with Gasteiger partial charge in [-0.25, -0.2) is 18.7 Å². The van der Waals surface area contributed by atoms with Crippen LogP contribution < -0.4 is 10.6 Å². The van der Waals surface area contributed by atoms with E-state index < -0.39 is 11.6 Å². The van der Waals surface area contributed by atoms with Crippen molar-refractivity contribution in [2.75, 3.05) is 11.9 Å². The van der Waals surface area contributed by atoms with Crippen molar-refractivity contribution in [3.63, 3.8) is 0 Å². The fraction of sp³-hybridized carbons (Fsp3) is 0.105. The number of hydrogen-bond donors (Lipinski definition) is 2. The van der Waals surface area contributed by atoms with Gasteiger partial charge in [0, 0.05) is 18.3 Å². The predicted octanol–water partition coefficient (Wildman–Crippen LogP) is 3.47. The first-order valence-electron chi connectivity index (χ1n) is 7.98. The monoisotopic (exact) mass is 354 g/mol. The number of carbonyl (C=O) groups is 1.